The molecule has 1 aromatic heterocycles. The summed E-state index contributed by atoms with van der Waals surface area (Å²) in [7, 11) is 2.30. The van der Waals surface area contributed by atoms with Gasteiger partial charge in [0.2, 0.25) is 0 Å². The predicted molar refractivity (Wildman–Crippen MR) is 105 cm³/mol. The van der Waals surface area contributed by atoms with Gasteiger partial charge in [0.15, 0.2) is 0 Å². The zero-order valence-electron chi connectivity index (χ0n) is 16.7. The molecule has 4 fully saturated rings. The van der Waals surface area contributed by atoms with Crippen LogP contribution in [0, 0.1) is 17.8 Å². The molecule has 2 unspecified atom stereocenters. The third kappa shape index (κ3) is 3.13. The fraction of sp³-hybridized carbons (Fsp3) is 0.864. The lowest BCUT2D eigenvalue weighted by molar-refractivity contribution is 0.149. The Morgan fingerprint density at radius 1 is 1.12 bits per heavy atom. The molecule has 0 N–H and O–H groups in total. The molecule has 4 aliphatic rings. The summed E-state index contributed by atoms with van der Waals surface area (Å²) in [5.74, 6) is 3.71. The van der Waals surface area contributed by atoms with Crippen LogP contribution < -0.4 is 0 Å². The van der Waals surface area contributed by atoms with E-state index < -0.39 is 0 Å². The molecule has 144 valence electrons. The third-order valence-electron chi connectivity index (χ3n) is 8.19. The van der Waals surface area contributed by atoms with Gasteiger partial charge in [-0.25, -0.2) is 0 Å². The van der Waals surface area contributed by atoms with Crippen molar-refractivity contribution in [3.05, 3.63) is 18.0 Å². The molecule has 0 radical (unpaired) electrons. The summed E-state index contributed by atoms with van der Waals surface area (Å²) in [5.41, 5.74) is 1.81. The lowest BCUT2D eigenvalue weighted by Gasteiger charge is -2.38. The Morgan fingerprint density at radius 2 is 1.81 bits per heavy atom. The van der Waals surface area contributed by atoms with Gasteiger partial charge in [-0.15, -0.1) is 0 Å². The number of likely N-dealkylation sites (tertiary alicyclic amines) is 2. The van der Waals surface area contributed by atoms with Crippen molar-refractivity contribution in [2.45, 2.75) is 63.3 Å². The number of piperidine rings is 1. The maximum Gasteiger partial charge on any atom is 0.0599 e. The molecule has 1 aromatic rings. The Morgan fingerprint density at radius 3 is 2.42 bits per heavy atom. The second-order valence-electron chi connectivity index (χ2n) is 10.2. The van der Waals surface area contributed by atoms with E-state index >= 15 is 0 Å². The number of hydrogen-bond acceptors (Lipinski definition) is 3. The molecule has 0 amide bonds. The SMILES string of the molecule is CN1CC2CC(CN3CCC(c4cnn(C5(C)CCC5)c4)CC3)CC2C1. The largest absolute Gasteiger partial charge is 0.306 e. The first-order chi connectivity index (χ1) is 12.6. The van der Waals surface area contributed by atoms with Crippen molar-refractivity contribution in [1.82, 2.24) is 19.6 Å². The molecule has 5 rings (SSSR count). The van der Waals surface area contributed by atoms with Crippen molar-refractivity contribution in [1.29, 1.82) is 0 Å². The Labute approximate surface area is 158 Å². The van der Waals surface area contributed by atoms with Gasteiger partial charge in [0.1, 0.15) is 0 Å². The average Bonchev–Trinajstić information content (AvgIpc) is 3.28. The molecular weight excluding hydrogens is 320 g/mol. The highest BCUT2D eigenvalue weighted by Gasteiger charge is 2.40. The van der Waals surface area contributed by atoms with Gasteiger partial charge in [-0.05, 0) is 101 Å². The van der Waals surface area contributed by atoms with E-state index in [1.807, 2.05) is 0 Å². The first-order valence-electron chi connectivity index (χ1n) is 11.0. The van der Waals surface area contributed by atoms with Crippen molar-refractivity contribution in [2.24, 2.45) is 17.8 Å². The minimum absolute atomic E-state index is 0.313. The molecule has 26 heavy (non-hydrogen) atoms. The molecule has 0 bridgehead atoms. The molecular formula is C22H36N4. The first-order valence-corrected chi connectivity index (χ1v) is 11.0. The third-order valence-corrected chi connectivity index (χ3v) is 8.19. The maximum absolute atomic E-state index is 4.73. The Bertz CT molecular complexity index is 612. The van der Waals surface area contributed by atoms with Crippen LogP contribution in [0.25, 0.3) is 0 Å². The van der Waals surface area contributed by atoms with E-state index in [2.05, 4.69) is 40.8 Å². The summed E-state index contributed by atoms with van der Waals surface area (Å²) in [6.45, 7) is 9.02. The van der Waals surface area contributed by atoms with Gasteiger partial charge in [0.25, 0.3) is 0 Å². The fourth-order valence-electron chi connectivity index (χ4n) is 6.38. The fourth-order valence-corrected chi connectivity index (χ4v) is 6.38. The number of rotatable bonds is 4. The predicted octanol–water partition coefficient (Wildman–Crippen LogP) is 3.55. The maximum atomic E-state index is 4.73. The zero-order chi connectivity index (χ0) is 17.7. The number of nitrogens with zero attached hydrogens (tertiary/aromatic N) is 4. The van der Waals surface area contributed by atoms with Gasteiger partial charge < -0.3 is 9.80 Å². The molecule has 4 nitrogen and oxygen atoms in total. The molecule has 2 aliphatic carbocycles. The molecule has 4 heteroatoms. The van der Waals surface area contributed by atoms with Crippen LogP contribution in [-0.4, -0.2) is 59.4 Å². The van der Waals surface area contributed by atoms with Crippen LogP contribution in [0.5, 0.6) is 0 Å². The highest BCUT2D eigenvalue weighted by molar-refractivity contribution is 5.14. The van der Waals surface area contributed by atoms with Crippen LogP contribution >= 0.6 is 0 Å². The van der Waals surface area contributed by atoms with Crippen LogP contribution in [0.2, 0.25) is 0 Å². The van der Waals surface area contributed by atoms with Crippen LogP contribution in [0.15, 0.2) is 12.4 Å². The molecule has 0 aromatic carbocycles. The molecule has 2 saturated carbocycles. The highest BCUT2D eigenvalue weighted by atomic mass is 15.3. The van der Waals surface area contributed by atoms with E-state index in [1.165, 1.54) is 83.2 Å². The summed E-state index contributed by atoms with van der Waals surface area (Å²) >= 11 is 0. The van der Waals surface area contributed by atoms with Gasteiger partial charge >= 0.3 is 0 Å². The minimum atomic E-state index is 0.313. The zero-order valence-corrected chi connectivity index (χ0v) is 16.7. The summed E-state index contributed by atoms with van der Waals surface area (Å²) in [6.07, 6.45) is 14.1. The van der Waals surface area contributed by atoms with E-state index in [0.29, 0.717) is 5.54 Å². The van der Waals surface area contributed by atoms with Crippen LogP contribution in [0.4, 0.5) is 0 Å². The second-order valence-corrected chi connectivity index (χ2v) is 10.2. The standard InChI is InChI=1S/C22H36N4/c1-22(6-3-7-22)26-16-21(12-23-26)18-4-8-25(9-5-18)13-17-10-19-14-24(2)15-20(19)11-17/h12,16-20H,3-11,13-15H2,1-2H3. The molecule has 2 atom stereocenters. The van der Waals surface area contributed by atoms with E-state index in [4.69, 9.17) is 5.10 Å². The van der Waals surface area contributed by atoms with Crippen LogP contribution in [-0.2, 0) is 5.54 Å². The van der Waals surface area contributed by atoms with E-state index in [1.54, 1.807) is 0 Å². The Kier molecular flexibility index (Phi) is 4.40. The van der Waals surface area contributed by atoms with Gasteiger partial charge in [-0.2, -0.15) is 5.10 Å². The molecule has 3 heterocycles. The van der Waals surface area contributed by atoms with Crippen molar-refractivity contribution >= 4 is 0 Å². The normalized spacial score (nSPS) is 35.5. The van der Waals surface area contributed by atoms with Gasteiger partial charge in [-0.3, -0.25) is 4.68 Å². The van der Waals surface area contributed by atoms with Crippen molar-refractivity contribution < 1.29 is 0 Å². The van der Waals surface area contributed by atoms with Crippen molar-refractivity contribution in [3.8, 4) is 0 Å². The average molecular weight is 357 g/mol. The molecule has 2 saturated heterocycles. The Hall–Kier alpha value is -0.870. The molecule has 2 aliphatic heterocycles. The minimum Gasteiger partial charge on any atom is -0.306 e. The smallest absolute Gasteiger partial charge is 0.0599 e. The van der Waals surface area contributed by atoms with E-state index in [0.717, 1.165) is 23.7 Å². The summed E-state index contributed by atoms with van der Waals surface area (Å²) in [5, 5.41) is 4.73. The second kappa shape index (κ2) is 6.63. The highest BCUT2D eigenvalue weighted by Crippen LogP contribution is 2.42. The number of aromatic nitrogens is 2. The number of hydrogen-bond donors (Lipinski definition) is 0. The summed E-state index contributed by atoms with van der Waals surface area (Å²) < 4.78 is 2.27. The topological polar surface area (TPSA) is 24.3 Å². The first kappa shape index (κ1) is 17.2. The van der Waals surface area contributed by atoms with Crippen molar-refractivity contribution in [3.63, 3.8) is 0 Å². The van der Waals surface area contributed by atoms with Crippen LogP contribution in [0.1, 0.15) is 63.4 Å². The summed E-state index contributed by atoms with van der Waals surface area (Å²) in [6, 6.07) is 0. The van der Waals surface area contributed by atoms with E-state index in [9.17, 15) is 0 Å². The van der Waals surface area contributed by atoms with Crippen molar-refractivity contribution in [2.75, 3.05) is 39.8 Å². The summed E-state index contributed by atoms with van der Waals surface area (Å²) in [4.78, 5) is 5.31. The monoisotopic (exact) mass is 356 g/mol. The number of fused-ring (bicyclic) bond motifs is 1. The molecule has 0 spiro atoms. The lowest BCUT2D eigenvalue weighted by atomic mass is 9.79. The Balaban J connectivity index is 1.11. The quantitative estimate of drug-likeness (QED) is 0.824. The lowest BCUT2D eigenvalue weighted by Crippen LogP contribution is -2.37. The van der Waals surface area contributed by atoms with Gasteiger partial charge in [0.05, 0.1) is 11.7 Å². The van der Waals surface area contributed by atoms with E-state index in [-0.39, 0.29) is 0 Å². The van der Waals surface area contributed by atoms with Crippen LogP contribution in [0.3, 0.4) is 0 Å². The van der Waals surface area contributed by atoms with Gasteiger partial charge in [0, 0.05) is 25.8 Å². The van der Waals surface area contributed by atoms with Gasteiger partial charge in [-0.1, -0.05) is 0 Å².